The number of aliphatic hydroxyl groups is 1. The number of carbonyl (C=O) groups is 2. The topological polar surface area (TPSA) is 128 Å². The minimum absolute atomic E-state index is 0.195. The van der Waals surface area contributed by atoms with Crippen LogP contribution < -0.4 is 9.47 Å². The van der Waals surface area contributed by atoms with Crippen molar-refractivity contribution >= 4 is 11.9 Å². The van der Waals surface area contributed by atoms with E-state index < -0.39 is 12.1 Å². The van der Waals surface area contributed by atoms with Gasteiger partial charge in [0.15, 0.2) is 12.6 Å². The summed E-state index contributed by atoms with van der Waals surface area (Å²) in [5.41, 5.74) is 0.386. The number of allylic oxidation sites excluding steroid dienone is 2. The highest BCUT2D eigenvalue weighted by molar-refractivity contribution is 5.89. The van der Waals surface area contributed by atoms with E-state index in [1.807, 2.05) is 42.5 Å². The molecule has 2 heterocycles. The van der Waals surface area contributed by atoms with Gasteiger partial charge in [-0.3, -0.25) is 4.79 Å². The molecule has 2 aromatic rings. The van der Waals surface area contributed by atoms with Gasteiger partial charge < -0.3 is 43.0 Å². The van der Waals surface area contributed by atoms with Gasteiger partial charge in [0.1, 0.15) is 24.2 Å². The lowest BCUT2D eigenvalue weighted by atomic mass is 9.98. The second-order valence-corrected chi connectivity index (χ2v) is 13.0. The first-order valence-corrected chi connectivity index (χ1v) is 18.0. The summed E-state index contributed by atoms with van der Waals surface area (Å²) in [4.78, 5) is 24.0. The molecule has 1 N–H and O–H groups in total. The molecule has 5 rings (SSSR count). The number of methoxy groups -OCH3 is 1. The van der Waals surface area contributed by atoms with Crippen molar-refractivity contribution in [2.75, 3.05) is 33.5 Å². The third-order valence-corrected chi connectivity index (χ3v) is 9.19. The molecule has 0 bridgehead atoms. The molecule has 11 nitrogen and oxygen atoms in total. The average molecular weight is 697 g/mol. The molecule has 0 spiro atoms. The third-order valence-electron chi connectivity index (χ3n) is 9.19. The van der Waals surface area contributed by atoms with E-state index in [-0.39, 0.29) is 55.8 Å². The van der Waals surface area contributed by atoms with Crippen molar-refractivity contribution in [3.05, 3.63) is 72.3 Å². The number of ether oxygens (including phenoxy) is 8. The first kappa shape index (κ1) is 37.9. The summed E-state index contributed by atoms with van der Waals surface area (Å²) in [6.45, 7) is 1.89. The Kier molecular flexibility index (Phi) is 15.6. The number of hydrogen-bond acceptors (Lipinski definition) is 11. The van der Waals surface area contributed by atoms with Gasteiger partial charge in [-0.25, -0.2) is 4.79 Å². The number of esters is 2. The summed E-state index contributed by atoms with van der Waals surface area (Å²) < 4.78 is 47.3. The Balaban J connectivity index is 1.14. The van der Waals surface area contributed by atoms with E-state index in [4.69, 9.17) is 37.9 Å². The minimum Gasteiger partial charge on any atom is -0.491 e. The zero-order valence-corrected chi connectivity index (χ0v) is 29.0. The molecule has 274 valence electrons. The molecule has 2 aromatic carbocycles. The van der Waals surface area contributed by atoms with Gasteiger partial charge >= 0.3 is 11.9 Å². The first-order chi connectivity index (χ1) is 24.5. The van der Waals surface area contributed by atoms with Crippen molar-refractivity contribution in [3.8, 4) is 11.5 Å². The van der Waals surface area contributed by atoms with E-state index in [9.17, 15) is 14.7 Å². The van der Waals surface area contributed by atoms with E-state index in [0.29, 0.717) is 56.8 Å². The summed E-state index contributed by atoms with van der Waals surface area (Å²) >= 11 is 0. The molecule has 1 aliphatic carbocycles. The lowest BCUT2D eigenvalue weighted by Gasteiger charge is -2.32. The third kappa shape index (κ3) is 12.2. The number of hydrogen-bond donors (Lipinski definition) is 1. The first-order valence-electron chi connectivity index (χ1n) is 18.0. The maximum Gasteiger partial charge on any atom is 0.337 e. The number of aliphatic hydroxyl groups excluding tert-OH is 1. The Morgan fingerprint density at radius 3 is 2.34 bits per heavy atom. The number of rotatable bonds is 18. The Bertz CT molecular complexity index is 1310. The standard InChI is InChI=1S/C39H52O11/c1-43-39(42)28-19-21-30(22-20-28)48-35(41)16-8-3-2-7-15-32-33(40)25-34(50-37-18-10-12-24-45-37)38(32)47-27-31(49-36-17-9-11-23-44-36)26-46-29-13-5-4-6-14-29/h2,4-7,13-14,19-22,31-34,36-38,40H,3,8-12,15-18,23-27H2,1H3/t31?,32-,33-,34+,36?,37?,38+/m0/s1. The van der Waals surface area contributed by atoms with E-state index >= 15 is 0 Å². The number of carbonyl (C=O) groups excluding carboxylic acids is 2. The smallest absolute Gasteiger partial charge is 0.337 e. The molecule has 2 saturated heterocycles. The quantitative estimate of drug-likeness (QED) is 0.0833. The predicted octanol–water partition coefficient (Wildman–Crippen LogP) is 6.16. The minimum atomic E-state index is -0.611. The van der Waals surface area contributed by atoms with Crippen LogP contribution in [-0.2, 0) is 33.2 Å². The van der Waals surface area contributed by atoms with Crippen molar-refractivity contribution in [3.63, 3.8) is 0 Å². The second kappa shape index (κ2) is 20.5. The van der Waals surface area contributed by atoms with Crippen LogP contribution in [0.2, 0.25) is 0 Å². The summed E-state index contributed by atoms with van der Waals surface area (Å²) in [5.74, 6) is 0.138. The normalized spacial score (nSPS) is 26.0. The van der Waals surface area contributed by atoms with Crippen LogP contribution >= 0.6 is 0 Å². The van der Waals surface area contributed by atoms with E-state index in [1.165, 1.54) is 7.11 Å². The Hall–Kier alpha value is -3.32. The molecular formula is C39H52O11. The highest BCUT2D eigenvalue weighted by atomic mass is 16.7. The molecule has 0 amide bonds. The van der Waals surface area contributed by atoms with Crippen LogP contribution in [0.4, 0.5) is 0 Å². The Morgan fingerprint density at radius 1 is 0.900 bits per heavy atom. The lowest BCUT2D eigenvalue weighted by molar-refractivity contribution is -0.226. The molecule has 0 radical (unpaired) electrons. The molecule has 3 aliphatic rings. The monoisotopic (exact) mass is 696 g/mol. The SMILES string of the molecule is COC(=O)c1ccc(OC(=O)CCCC=CC[C@@H]2[C@@H](OCC(COc3ccccc3)OC3CCCCO3)[C@H](OC3CCCCO3)C[C@@H]2O)cc1. The van der Waals surface area contributed by atoms with Gasteiger partial charge in [0.2, 0.25) is 0 Å². The molecule has 3 unspecified atom stereocenters. The zero-order chi connectivity index (χ0) is 35.0. The summed E-state index contributed by atoms with van der Waals surface area (Å²) in [6.07, 6.45) is 10.1. The molecule has 50 heavy (non-hydrogen) atoms. The van der Waals surface area contributed by atoms with Gasteiger partial charge in [-0.1, -0.05) is 30.4 Å². The molecule has 11 heteroatoms. The molecule has 0 aromatic heterocycles. The largest absolute Gasteiger partial charge is 0.491 e. The van der Waals surface area contributed by atoms with Crippen molar-refractivity contribution in [1.82, 2.24) is 0 Å². The highest BCUT2D eigenvalue weighted by Crippen LogP contribution is 2.36. The van der Waals surface area contributed by atoms with Crippen LogP contribution in [0.15, 0.2) is 66.7 Å². The van der Waals surface area contributed by atoms with Crippen LogP contribution in [0.25, 0.3) is 0 Å². The maximum absolute atomic E-state index is 12.4. The van der Waals surface area contributed by atoms with Gasteiger partial charge in [0.25, 0.3) is 0 Å². The zero-order valence-electron chi connectivity index (χ0n) is 29.0. The predicted molar refractivity (Wildman–Crippen MR) is 184 cm³/mol. The maximum atomic E-state index is 12.4. The fraction of sp³-hybridized carbons (Fsp3) is 0.590. The van der Waals surface area contributed by atoms with Crippen molar-refractivity contribution in [2.24, 2.45) is 5.92 Å². The van der Waals surface area contributed by atoms with Gasteiger partial charge in [-0.15, -0.1) is 0 Å². The molecule has 7 atom stereocenters. The summed E-state index contributed by atoms with van der Waals surface area (Å²) in [5, 5.41) is 11.2. The Morgan fingerprint density at radius 2 is 1.64 bits per heavy atom. The van der Waals surface area contributed by atoms with E-state index in [1.54, 1.807) is 24.3 Å². The fourth-order valence-electron chi connectivity index (χ4n) is 6.49. The van der Waals surface area contributed by atoms with Gasteiger partial charge in [0, 0.05) is 32.0 Å². The summed E-state index contributed by atoms with van der Waals surface area (Å²) in [7, 11) is 1.32. The molecule has 1 saturated carbocycles. The number of para-hydroxylation sites is 1. The fourth-order valence-corrected chi connectivity index (χ4v) is 6.49. The summed E-state index contributed by atoms with van der Waals surface area (Å²) in [6, 6.07) is 15.9. The van der Waals surface area contributed by atoms with Crippen LogP contribution in [0.1, 0.15) is 81.0 Å². The van der Waals surface area contributed by atoms with Crippen LogP contribution in [-0.4, -0.2) is 87.6 Å². The van der Waals surface area contributed by atoms with Crippen molar-refractivity contribution in [2.45, 2.75) is 108 Å². The lowest BCUT2D eigenvalue weighted by Crippen LogP contribution is -2.40. The number of unbranched alkanes of at least 4 members (excludes halogenated alkanes) is 1. The van der Waals surface area contributed by atoms with Crippen LogP contribution in [0, 0.1) is 5.92 Å². The van der Waals surface area contributed by atoms with E-state index in [2.05, 4.69) is 0 Å². The van der Waals surface area contributed by atoms with E-state index in [0.717, 1.165) is 44.3 Å². The highest BCUT2D eigenvalue weighted by Gasteiger charge is 2.45. The number of benzene rings is 2. The molecule has 3 fully saturated rings. The van der Waals surface area contributed by atoms with Crippen LogP contribution in [0.3, 0.4) is 0 Å². The van der Waals surface area contributed by atoms with Gasteiger partial charge in [-0.05, 0) is 94.2 Å². The van der Waals surface area contributed by atoms with Gasteiger partial charge in [-0.2, -0.15) is 0 Å². The van der Waals surface area contributed by atoms with Crippen molar-refractivity contribution in [1.29, 1.82) is 0 Å². The average Bonchev–Trinajstić information content (AvgIpc) is 3.44. The van der Waals surface area contributed by atoms with Gasteiger partial charge in [0.05, 0.1) is 37.6 Å². The second-order valence-electron chi connectivity index (χ2n) is 13.0. The Labute approximate surface area is 295 Å². The van der Waals surface area contributed by atoms with Crippen molar-refractivity contribution < 1.29 is 52.6 Å². The van der Waals surface area contributed by atoms with Crippen LogP contribution in [0.5, 0.6) is 11.5 Å². The molecular weight excluding hydrogens is 644 g/mol. The molecule has 2 aliphatic heterocycles.